The van der Waals surface area contributed by atoms with Crippen molar-refractivity contribution in [2.45, 2.75) is 45.2 Å². The highest BCUT2D eigenvalue weighted by Crippen LogP contribution is 2.47. The van der Waals surface area contributed by atoms with Gasteiger partial charge in [-0.2, -0.15) is 0 Å². The van der Waals surface area contributed by atoms with E-state index in [9.17, 15) is 4.39 Å². The van der Waals surface area contributed by atoms with Crippen molar-refractivity contribution >= 4 is 5.96 Å². The van der Waals surface area contributed by atoms with Gasteiger partial charge in [0, 0.05) is 37.9 Å². The van der Waals surface area contributed by atoms with Crippen LogP contribution in [-0.2, 0) is 18.5 Å². The lowest BCUT2D eigenvalue weighted by atomic mass is 9.96. The number of nitrogens with one attached hydrogen (secondary N) is 2. The predicted octanol–water partition coefficient (Wildman–Crippen LogP) is 3.08. The first kappa shape index (κ1) is 18.4. The molecule has 1 saturated carbocycles. The highest BCUT2D eigenvalue weighted by atomic mass is 19.1. The molecular weight excluding hydrogens is 329 g/mol. The number of guanidine groups is 1. The van der Waals surface area contributed by atoms with E-state index in [-0.39, 0.29) is 11.2 Å². The van der Waals surface area contributed by atoms with E-state index in [0.29, 0.717) is 12.5 Å². The van der Waals surface area contributed by atoms with Gasteiger partial charge < -0.3 is 15.2 Å². The van der Waals surface area contributed by atoms with E-state index in [0.717, 1.165) is 43.3 Å². The summed E-state index contributed by atoms with van der Waals surface area (Å²) in [6.45, 7) is 6.70. The highest BCUT2D eigenvalue weighted by Gasteiger charge is 2.44. The molecule has 1 heterocycles. The normalized spacial score (nSPS) is 16.0. The quantitative estimate of drug-likeness (QED) is 0.591. The Labute approximate surface area is 154 Å². The topological polar surface area (TPSA) is 54.2 Å². The first-order valence-corrected chi connectivity index (χ1v) is 9.23. The maximum absolute atomic E-state index is 13.5. The van der Waals surface area contributed by atoms with Crippen molar-refractivity contribution in [2.24, 2.45) is 10.9 Å². The van der Waals surface area contributed by atoms with E-state index in [4.69, 9.17) is 0 Å². The number of halogens is 1. The minimum atomic E-state index is -0.173. The zero-order valence-electron chi connectivity index (χ0n) is 15.8. The molecule has 0 saturated heterocycles. The molecule has 1 aromatic heterocycles. The molecule has 0 amide bonds. The van der Waals surface area contributed by atoms with Crippen LogP contribution in [0.25, 0.3) is 0 Å². The second kappa shape index (κ2) is 7.89. The Morgan fingerprint density at radius 2 is 2.15 bits per heavy atom. The predicted molar refractivity (Wildman–Crippen MR) is 103 cm³/mol. The number of nitrogens with zero attached hydrogens (tertiary/aromatic N) is 3. The molecule has 0 spiro atoms. The molecule has 0 unspecified atom stereocenters. The van der Waals surface area contributed by atoms with Gasteiger partial charge in [-0.1, -0.05) is 26.0 Å². The van der Waals surface area contributed by atoms with Gasteiger partial charge in [0.1, 0.15) is 11.6 Å². The van der Waals surface area contributed by atoms with E-state index < -0.39 is 0 Å². The number of rotatable bonds is 7. The molecule has 2 aromatic rings. The van der Waals surface area contributed by atoms with Crippen molar-refractivity contribution in [1.29, 1.82) is 0 Å². The molecule has 1 aliphatic rings. The first-order valence-electron chi connectivity index (χ1n) is 9.23. The SMILES string of the molecule is CN=C(NCc1nccn1CC(C)C)NCC1(c2cccc(F)c2)CC1. The van der Waals surface area contributed by atoms with Crippen LogP contribution in [0.15, 0.2) is 41.7 Å². The van der Waals surface area contributed by atoms with Crippen LogP contribution in [0.5, 0.6) is 0 Å². The van der Waals surface area contributed by atoms with E-state index in [1.165, 1.54) is 6.07 Å². The Kier molecular flexibility index (Phi) is 5.59. The summed E-state index contributed by atoms with van der Waals surface area (Å²) in [6.07, 6.45) is 5.98. The summed E-state index contributed by atoms with van der Waals surface area (Å²) in [5, 5.41) is 6.72. The maximum atomic E-state index is 13.5. The largest absolute Gasteiger partial charge is 0.356 e. The summed E-state index contributed by atoms with van der Waals surface area (Å²) in [5.74, 6) is 2.13. The molecule has 0 radical (unpaired) electrons. The number of hydrogen-bond donors (Lipinski definition) is 2. The number of hydrogen-bond acceptors (Lipinski definition) is 2. The monoisotopic (exact) mass is 357 g/mol. The molecule has 1 aromatic carbocycles. The number of aliphatic imine (C=N–C) groups is 1. The van der Waals surface area contributed by atoms with Gasteiger partial charge in [0.2, 0.25) is 0 Å². The molecule has 140 valence electrons. The number of imidazole rings is 1. The first-order chi connectivity index (χ1) is 12.5. The molecular formula is C20H28FN5. The summed E-state index contributed by atoms with van der Waals surface area (Å²) in [4.78, 5) is 8.73. The van der Waals surface area contributed by atoms with Crippen LogP contribution in [-0.4, -0.2) is 29.1 Å². The van der Waals surface area contributed by atoms with Crippen LogP contribution in [0.4, 0.5) is 4.39 Å². The summed E-state index contributed by atoms with van der Waals surface area (Å²) >= 11 is 0. The minimum Gasteiger partial charge on any atom is -0.356 e. The Balaban J connectivity index is 1.55. The molecule has 1 aliphatic carbocycles. The Hall–Kier alpha value is -2.37. The van der Waals surface area contributed by atoms with E-state index in [1.54, 1.807) is 19.2 Å². The van der Waals surface area contributed by atoms with Gasteiger partial charge >= 0.3 is 0 Å². The van der Waals surface area contributed by atoms with E-state index in [1.807, 2.05) is 18.5 Å². The zero-order valence-corrected chi connectivity index (χ0v) is 15.8. The fourth-order valence-corrected chi connectivity index (χ4v) is 3.24. The second-order valence-corrected chi connectivity index (χ2v) is 7.46. The number of benzene rings is 1. The highest BCUT2D eigenvalue weighted by molar-refractivity contribution is 5.79. The van der Waals surface area contributed by atoms with E-state index in [2.05, 4.69) is 39.0 Å². The van der Waals surface area contributed by atoms with Gasteiger partial charge in [-0.25, -0.2) is 9.37 Å². The summed E-state index contributed by atoms with van der Waals surface area (Å²) in [5.41, 5.74) is 1.09. The second-order valence-electron chi connectivity index (χ2n) is 7.46. The fourth-order valence-electron chi connectivity index (χ4n) is 3.24. The fraction of sp³-hybridized carbons (Fsp3) is 0.500. The van der Waals surface area contributed by atoms with Gasteiger partial charge in [0.15, 0.2) is 5.96 Å². The van der Waals surface area contributed by atoms with Gasteiger partial charge in [-0.3, -0.25) is 4.99 Å². The summed E-state index contributed by atoms with van der Waals surface area (Å²) in [7, 11) is 1.76. The minimum absolute atomic E-state index is 0.0236. The third-order valence-corrected chi connectivity index (χ3v) is 4.89. The van der Waals surface area contributed by atoms with Crippen molar-refractivity contribution in [3.8, 4) is 0 Å². The lowest BCUT2D eigenvalue weighted by Gasteiger charge is -2.19. The van der Waals surface area contributed by atoms with Crippen molar-refractivity contribution in [3.63, 3.8) is 0 Å². The molecule has 2 N–H and O–H groups in total. The Morgan fingerprint density at radius 1 is 1.35 bits per heavy atom. The van der Waals surface area contributed by atoms with Crippen molar-refractivity contribution in [2.75, 3.05) is 13.6 Å². The van der Waals surface area contributed by atoms with Crippen LogP contribution in [0.2, 0.25) is 0 Å². The van der Waals surface area contributed by atoms with Gasteiger partial charge in [-0.05, 0) is 36.5 Å². The van der Waals surface area contributed by atoms with Crippen LogP contribution < -0.4 is 10.6 Å². The van der Waals surface area contributed by atoms with Crippen LogP contribution >= 0.6 is 0 Å². The van der Waals surface area contributed by atoms with Crippen molar-refractivity contribution < 1.29 is 4.39 Å². The molecule has 3 rings (SSSR count). The van der Waals surface area contributed by atoms with E-state index >= 15 is 0 Å². The Bertz CT molecular complexity index is 761. The smallest absolute Gasteiger partial charge is 0.191 e. The standard InChI is InChI=1S/C20H28FN5/c1-15(2)13-26-10-9-23-18(26)12-24-19(22-3)25-14-20(7-8-20)16-5-4-6-17(21)11-16/h4-6,9-11,15H,7-8,12-14H2,1-3H3,(H2,22,24,25). The average molecular weight is 357 g/mol. The van der Waals surface area contributed by atoms with Gasteiger partial charge in [-0.15, -0.1) is 0 Å². The third kappa shape index (κ3) is 4.42. The Morgan fingerprint density at radius 3 is 2.81 bits per heavy atom. The molecule has 0 bridgehead atoms. The van der Waals surface area contributed by atoms with Crippen LogP contribution in [0, 0.1) is 11.7 Å². The molecule has 1 fully saturated rings. The number of aromatic nitrogens is 2. The zero-order chi connectivity index (χ0) is 18.6. The lowest BCUT2D eigenvalue weighted by Crippen LogP contribution is -2.41. The molecule has 5 nitrogen and oxygen atoms in total. The molecule has 6 heteroatoms. The lowest BCUT2D eigenvalue weighted by molar-refractivity contribution is 0.503. The summed E-state index contributed by atoms with van der Waals surface area (Å²) in [6, 6.07) is 6.93. The van der Waals surface area contributed by atoms with Crippen LogP contribution in [0.1, 0.15) is 38.1 Å². The van der Waals surface area contributed by atoms with Crippen molar-refractivity contribution in [3.05, 3.63) is 53.9 Å². The molecule has 0 aliphatic heterocycles. The average Bonchev–Trinajstić information content (AvgIpc) is 3.29. The molecule has 26 heavy (non-hydrogen) atoms. The van der Waals surface area contributed by atoms with Crippen LogP contribution in [0.3, 0.4) is 0 Å². The summed E-state index contributed by atoms with van der Waals surface area (Å²) < 4.78 is 15.7. The third-order valence-electron chi connectivity index (χ3n) is 4.89. The molecule has 0 atom stereocenters. The maximum Gasteiger partial charge on any atom is 0.191 e. The van der Waals surface area contributed by atoms with Crippen molar-refractivity contribution in [1.82, 2.24) is 20.2 Å². The van der Waals surface area contributed by atoms with Gasteiger partial charge in [0.05, 0.1) is 6.54 Å². The van der Waals surface area contributed by atoms with Gasteiger partial charge in [0.25, 0.3) is 0 Å².